The van der Waals surface area contributed by atoms with E-state index in [-0.39, 0.29) is 30.0 Å². The highest BCUT2D eigenvalue weighted by molar-refractivity contribution is 5.65. The molecule has 0 amide bonds. The molecule has 0 N–H and O–H groups in total. The maximum atomic E-state index is 10.8. The molecule has 2 heterocycles. The first-order chi connectivity index (χ1) is 9.99. The third-order valence-electron chi connectivity index (χ3n) is 2.59. The number of hydrogen-bond acceptors (Lipinski definition) is 8. The topological polar surface area (TPSA) is 126 Å². The Balaban J connectivity index is 2.29. The Labute approximate surface area is 118 Å². The van der Waals surface area contributed by atoms with Crippen molar-refractivity contribution in [3.8, 4) is 11.5 Å². The molecule has 0 aromatic carbocycles. The first-order valence-electron chi connectivity index (χ1n) is 6.02. The molecule has 0 unspecified atom stereocenters. The van der Waals surface area contributed by atoms with Gasteiger partial charge in [-0.05, 0) is 39.4 Å². The third kappa shape index (κ3) is 3.35. The molecule has 0 aliphatic carbocycles. The van der Waals surface area contributed by atoms with E-state index < -0.39 is 10.9 Å². The molecule has 0 saturated heterocycles. The summed E-state index contributed by atoms with van der Waals surface area (Å²) < 4.78 is 6.29. The number of carbonyl (C=O) groups excluding carboxylic acids is 1. The zero-order chi connectivity index (χ0) is 15.4. The van der Waals surface area contributed by atoms with Crippen molar-refractivity contribution in [2.75, 3.05) is 6.61 Å². The van der Waals surface area contributed by atoms with Crippen LogP contribution in [0.5, 0.6) is 0 Å². The molecule has 0 aliphatic rings. The number of tetrazole rings is 1. The lowest BCUT2D eigenvalue weighted by molar-refractivity contribution is -0.389. The van der Waals surface area contributed by atoms with Gasteiger partial charge in [0.15, 0.2) is 0 Å². The van der Waals surface area contributed by atoms with E-state index in [0.717, 1.165) is 0 Å². The highest BCUT2D eigenvalue weighted by atomic mass is 16.6. The second-order valence-electron chi connectivity index (χ2n) is 4.24. The maximum absolute atomic E-state index is 10.8. The van der Waals surface area contributed by atoms with Crippen LogP contribution in [0, 0.1) is 10.1 Å². The normalized spacial score (nSPS) is 11.9. The molecule has 10 heteroatoms. The zero-order valence-corrected chi connectivity index (χ0v) is 11.3. The van der Waals surface area contributed by atoms with Crippen molar-refractivity contribution in [1.82, 2.24) is 25.2 Å². The number of nitrogens with zero attached hydrogens (tertiary/aromatic N) is 6. The average Bonchev–Trinajstić information content (AvgIpc) is 2.94. The Morgan fingerprint density at radius 1 is 1.52 bits per heavy atom. The summed E-state index contributed by atoms with van der Waals surface area (Å²) in [4.78, 5) is 24.9. The van der Waals surface area contributed by atoms with Crippen molar-refractivity contribution in [1.29, 1.82) is 0 Å². The minimum atomic E-state index is -0.597. The lowest BCUT2D eigenvalue weighted by Gasteiger charge is -2.11. The third-order valence-corrected chi connectivity index (χ3v) is 2.59. The van der Waals surface area contributed by atoms with Crippen LogP contribution in [0.3, 0.4) is 0 Å². The van der Waals surface area contributed by atoms with Gasteiger partial charge in [0.25, 0.3) is 0 Å². The van der Waals surface area contributed by atoms with Crippen LogP contribution in [-0.4, -0.2) is 42.7 Å². The van der Waals surface area contributed by atoms with E-state index in [1.807, 2.05) is 0 Å². The molecule has 110 valence electrons. The van der Waals surface area contributed by atoms with Crippen LogP contribution in [-0.2, 0) is 9.53 Å². The van der Waals surface area contributed by atoms with E-state index in [9.17, 15) is 14.9 Å². The summed E-state index contributed by atoms with van der Waals surface area (Å²) in [5.74, 6) is -0.446. The van der Waals surface area contributed by atoms with Crippen molar-refractivity contribution in [2.45, 2.75) is 19.9 Å². The summed E-state index contributed by atoms with van der Waals surface area (Å²) in [6.07, 6.45) is 0. The van der Waals surface area contributed by atoms with Crippen LogP contribution in [0.1, 0.15) is 19.9 Å². The fourth-order valence-electron chi connectivity index (χ4n) is 1.62. The molecule has 2 rings (SSSR count). The molecule has 2 aromatic heterocycles. The van der Waals surface area contributed by atoms with Gasteiger partial charge >= 0.3 is 11.8 Å². The number of aromatic nitrogens is 5. The molecule has 10 nitrogen and oxygen atoms in total. The maximum Gasteiger partial charge on any atom is 0.364 e. The van der Waals surface area contributed by atoms with Gasteiger partial charge in [0.2, 0.25) is 11.5 Å². The SMILES string of the molecule is CC(=O)OC[C@H](C)n1nnnc1-c1cccc([N+](=O)[O-])n1. The van der Waals surface area contributed by atoms with Crippen LogP contribution in [0.2, 0.25) is 0 Å². The highest BCUT2D eigenvalue weighted by Gasteiger charge is 2.21. The lowest BCUT2D eigenvalue weighted by atomic mass is 10.3. The Hall–Kier alpha value is -2.91. The first kappa shape index (κ1) is 14.5. The number of hydrogen-bond donors (Lipinski definition) is 0. The number of pyridine rings is 1. The van der Waals surface area contributed by atoms with Gasteiger partial charge in [0.05, 0.1) is 6.04 Å². The Morgan fingerprint density at radius 2 is 2.29 bits per heavy atom. The average molecular weight is 292 g/mol. The number of carbonyl (C=O) groups is 1. The van der Waals surface area contributed by atoms with Gasteiger partial charge < -0.3 is 14.9 Å². The Kier molecular flexibility index (Phi) is 4.16. The van der Waals surface area contributed by atoms with Crippen molar-refractivity contribution < 1.29 is 14.5 Å². The van der Waals surface area contributed by atoms with Crippen LogP contribution >= 0.6 is 0 Å². The van der Waals surface area contributed by atoms with Crippen molar-refractivity contribution in [2.24, 2.45) is 0 Å². The van der Waals surface area contributed by atoms with Crippen LogP contribution < -0.4 is 0 Å². The summed E-state index contributed by atoms with van der Waals surface area (Å²) in [7, 11) is 0. The number of nitro groups is 1. The van der Waals surface area contributed by atoms with Crippen LogP contribution in [0.15, 0.2) is 18.2 Å². The number of esters is 1. The van der Waals surface area contributed by atoms with Crippen molar-refractivity contribution in [3.05, 3.63) is 28.3 Å². The summed E-state index contributed by atoms with van der Waals surface area (Å²) in [5.41, 5.74) is 0.267. The number of rotatable bonds is 5. The second-order valence-corrected chi connectivity index (χ2v) is 4.24. The van der Waals surface area contributed by atoms with E-state index in [2.05, 4.69) is 20.5 Å². The quantitative estimate of drug-likeness (QED) is 0.449. The largest absolute Gasteiger partial charge is 0.464 e. The molecule has 0 radical (unpaired) electrons. The predicted molar refractivity (Wildman–Crippen MR) is 69.0 cm³/mol. The molecule has 1 atom stereocenters. The van der Waals surface area contributed by atoms with E-state index in [1.54, 1.807) is 13.0 Å². The zero-order valence-electron chi connectivity index (χ0n) is 11.3. The monoisotopic (exact) mass is 292 g/mol. The minimum Gasteiger partial charge on any atom is -0.464 e. The van der Waals surface area contributed by atoms with E-state index in [0.29, 0.717) is 0 Å². The van der Waals surface area contributed by atoms with E-state index in [4.69, 9.17) is 4.74 Å². The standard InChI is InChI=1S/C11H12N6O4/c1-7(6-21-8(2)18)16-11(13-14-15-16)9-4-3-5-10(12-9)17(19)20/h3-5,7H,6H2,1-2H3/t7-/m0/s1. The molecule has 0 bridgehead atoms. The van der Waals surface area contributed by atoms with Gasteiger partial charge in [-0.25, -0.2) is 4.68 Å². The predicted octanol–water partition coefficient (Wildman–Crippen LogP) is 0.767. The molecule has 0 fully saturated rings. The molecule has 0 spiro atoms. The van der Waals surface area contributed by atoms with Gasteiger partial charge in [0.1, 0.15) is 6.61 Å². The molecular formula is C11H12N6O4. The van der Waals surface area contributed by atoms with Crippen molar-refractivity contribution in [3.63, 3.8) is 0 Å². The summed E-state index contributed by atoms with van der Waals surface area (Å²) in [6, 6.07) is 4.00. The van der Waals surface area contributed by atoms with Gasteiger partial charge in [-0.2, -0.15) is 0 Å². The summed E-state index contributed by atoms with van der Waals surface area (Å²) >= 11 is 0. The molecule has 21 heavy (non-hydrogen) atoms. The van der Waals surface area contributed by atoms with E-state index >= 15 is 0 Å². The Morgan fingerprint density at radius 3 is 2.95 bits per heavy atom. The minimum absolute atomic E-state index is 0.0856. The van der Waals surface area contributed by atoms with Gasteiger partial charge in [-0.1, -0.05) is 0 Å². The van der Waals surface area contributed by atoms with Crippen LogP contribution in [0.25, 0.3) is 11.5 Å². The fourth-order valence-corrected chi connectivity index (χ4v) is 1.62. The summed E-state index contributed by atoms with van der Waals surface area (Å²) in [5, 5.41) is 21.9. The van der Waals surface area contributed by atoms with Crippen LogP contribution in [0.4, 0.5) is 5.82 Å². The van der Waals surface area contributed by atoms with Gasteiger partial charge in [-0.15, -0.1) is 5.10 Å². The second kappa shape index (κ2) is 6.03. The van der Waals surface area contributed by atoms with Crippen molar-refractivity contribution >= 4 is 11.8 Å². The molecular weight excluding hydrogens is 280 g/mol. The molecule has 0 saturated carbocycles. The van der Waals surface area contributed by atoms with E-state index in [1.165, 1.54) is 23.7 Å². The lowest BCUT2D eigenvalue weighted by Crippen LogP contribution is -2.17. The first-order valence-corrected chi connectivity index (χ1v) is 6.02. The number of ether oxygens (including phenoxy) is 1. The molecule has 2 aromatic rings. The smallest absolute Gasteiger partial charge is 0.364 e. The summed E-state index contributed by atoms with van der Waals surface area (Å²) in [6.45, 7) is 3.14. The highest BCUT2D eigenvalue weighted by Crippen LogP contribution is 2.19. The van der Waals surface area contributed by atoms with Gasteiger partial charge in [0, 0.05) is 13.0 Å². The van der Waals surface area contributed by atoms with Gasteiger partial charge in [-0.3, -0.25) is 4.79 Å². The Bertz CT molecular complexity index is 670. The molecule has 0 aliphatic heterocycles. The fraction of sp³-hybridized carbons (Fsp3) is 0.364.